The third-order valence-corrected chi connectivity index (χ3v) is 3.57. The van der Waals surface area contributed by atoms with E-state index in [2.05, 4.69) is 9.59 Å². The predicted octanol–water partition coefficient (Wildman–Crippen LogP) is 2.53. The maximum Gasteiger partial charge on any atom is 0.349 e. The number of hydrogen-bond donors (Lipinski definition) is 1. The van der Waals surface area contributed by atoms with Crippen molar-refractivity contribution in [2.75, 3.05) is 0 Å². The number of carboxylic acid groups (broad SMARTS) is 1. The van der Waals surface area contributed by atoms with Crippen molar-refractivity contribution in [3.63, 3.8) is 0 Å². The molecular weight excluding hydrogens is 272 g/mol. The highest BCUT2D eigenvalue weighted by Crippen LogP contribution is 2.26. The largest absolute Gasteiger partial charge is 0.485 e. The molecule has 2 heterocycles. The van der Waals surface area contributed by atoms with Crippen LogP contribution in [0.3, 0.4) is 0 Å². The fourth-order valence-corrected chi connectivity index (χ4v) is 2.27. The molecule has 0 aliphatic heterocycles. The van der Waals surface area contributed by atoms with Crippen LogP contribution in [0.5, 0.6) is 5.75 Å². The summed E-state index contributed by atoms with van der Waals surface area (Å²) in [4.78, 5) is 11.0. The molecule has 0 unspecified atom stereocenters. The molecule has 0 radical (unpaired) electrons. The second-order valence-corrected chi connectivity index (χ2v) is 4.97. The molecular formula is C8H5ClN2O3S2. The lowest BCUT2D eigenvalue weighted by Crippen LogP contribution is -2.00. The molecule has 0 saturated carbocycles. The average molecular weight is 277 g/mol. The molecule has 2 rings (SSSR count). The minimum atomic E-state index is -1.01. The van der Waals surface area contributed by atoms with Gasteiger partial charge in [-0.3, -0.25) is 0 Å². The predicted molar refractivity (Wildman–Crippen MR) is 60.5 cm³/mol. The molecule has 0 saturated heterocycles. The lowest BCUT2D eigenvalue weighted by Gasteiger charge is -2.02. The lowest BCUT2D eigenvalue weighted by atomic mass is 10.4. The minimum Gasteiger partial charge on any atom is -0.485 e. The number of carboxylic acids is 1. The van der Waals surface area contributed by atoms with Crippen molar-refractivity contribution < 1.29 is 14.6 Å². The van der Waals surface area contributed by atoms with Crippen molar-refractivity contribution in [3.05, 3.63) is 26.4 Å². The van der Waals surface area contributed by atoms with Crippen molar-refractivity contribution in [2.24, 2.45) is 0 Å². The van der Waals surface area contributed by atoms with Crippen molar-refractivity contribution in [2.45, 2.75) is 6.61 Å². The maximum atomic E-state index is 10.8. The first kappa shape index (κ1) is 11.3. The lowest BCUT2D eigenvalue weighted by molar-refractivity contribution is 0.0697. The Bertz CT molecular complexity index is 511. The van der Waals surface area contributed by atoms with Gasteiger partial charge >= 0.3 is 5.97 Å². The smallest absolute Gasteiger partial charge is 0.349 e. The Hall–Kier alpha value is -1.18. The molecule has 5 nitrogen and oxygen atoms in total. The highest BCUT2D eigenvalue weighted by atomic mass is 35.5. The van der Waals surface area contributed by atoms with Crippen LogP contribution in [0, 0.1) is 0 Å². The number of aromatic nitrogens is 2. The zero-order chi connectivity index (χ0) is 11.5. The summed E-state index contributed by atoms with van der Waals surface area (Å²) in [7, 11) is 0. The Morgan fingerprint density at radius 3 is 3.06 bits per heavy atom. The van der Waals surface area contributed by atoms with Gasteiger partial charge in [0.1, 0.15) is 22.4 Å². The van der Waals surface area contributed by atoms with Gasteiger partial charge in [0.15, 0.2) is 4.88 Å². The number of hydrogen-bond acceptors (Lipinski definition) is 6. The summed E-state index contributed by atoms with van der Waals surface area (Å²) < 4.78 is 9.41. The maximum absolute atomic E-state index is 10.8. The van der Waals surface area contributed by atoms with Gasteiger partial charge in [0.05, 0.1) is 0 Å². The van der Waals surface area contributed by atoms with E-state index in [-0.39, 0.29) is 11.5 Å². The van der Waals surface area contributed by atoms with Gasteiger partial charge in [-0.2, -0.15) is 0 Å². The standard InChI is InChI=1S/C8H5ClN2O3S2/c9-7-4(10-11-16-7)3-14-5-1-2-15-6(5)8(12)13/h1-2H,3H2,(H,12,13). The van der Waals surface area contributed by atoms with E-state index in [9.17, 15) is 4.79 Å². The van der Waals surface area contributed by atoms with Crippen molar-refractivity contribution in [1.29, 1.82) is 0 Å². The summed E-state index contributed by atoms with van der Waals surface area (Å²) in [5.74, 6) is -0.686. The van der Waals surface area contributed by atoms with Gasteiger partial charge < -0.3 is 9.84 Å². The van der Waals surface area contributed by atoms with E-state index in [0.717, 1.165) is 22.9 Å². The van der Waals surface area contributed by atoms with Crippen LogP contribution in [-0.2, 0) is 6.61 Å². The van der Waals surface area contributed by atoms with Gasteiger partial charge in [0.25, 0.3) is 0 Å². The van der Waals surface area contributed by atoms with Gasteiger partial charge in [0.2, 0.25) is 0 Å². The van der Waals surface area contributed by atoms with E-state index in [1.54, 1.807) is 11.4 Å². The summed E-state index contributed by atoms with van der Waals surface area (Å²) in [5, 5.41) is 14.3. The van der Waals surface area contributed by atoms with Crippen LogP contribution in [0.4, 0.5) is 0 Å². The van der Waals surface area contributed by atoms with E-state index in [1.807, 2.05) is 0 Å². The van der Waals surface area contributed by atoms with E-state index in [0.29, 0.717) is 15.8 Å². The molecule has 0 amide bonds. The van der Waals surface area contributed by atoms with Gasteiger partial charge in [-0.25, -0.2) is 4.79 Å². The van der Waals surface area contributed by atoms with Gasteiger partial charge in [-0.15, -0.1) is 16.4 Å². The Labute approximate surface area is 103 Å². The van der Waals surface area contributed by atoms with E-state index in [1.165, 1.54) is 0 Å². The number of thiophene rings is 1. The van der Waals surface area contributed by atoms with Gasteiger partial charge in [0, 0.05) is 11.5 Å². The van der Waals surface area contributed by atoms with Crippen LogP contribution in [-0.4, -0.2) is 20.7 Å². The molecule has 84 valence electrons. The molecule has 8 heteroatoms. The molecule has 2 aromatic heterocycles. The first-order valence-electron chi connectivity index (χ1n) is 4.09. The highest BCUT2D eigenvalue weighted by molar-refractivity contribution is 7.12. The fourth-order valence-electron chi connectivity index (χ4n) is 0.996. The first-order chi connectivity index (χ1) is 7.68. The third kappa shape index (κ3) is 2.31. The summed E-state index contributed by atoms with van der Waals surface area (Å²) in [6, 6.07) is 1.60. The normalized spacial score (nSPS) is 10.3. The molecule has 0 atom stereocenters. The molecule has 0 aliphatic rings. The number of ether oxygens (including phenoxy) is 1. The van der Waals surface area contributed by atoms with Gasteiger partial charge in [-0.05, 0) is 11.4 Å². The molecule has 0 aliphatic carbocycles. The van der Waals surface area contributed by atoms with Crippen LogP contribution in [0.2, 0.25) is 4.34 Å². The van der Waals surface area contributed by atoms with Crippen molar-refractivity contribution in [1.82, 2.24) is 9.59 Å². The van der Waals surface area contributed by atoms with Crippen LogP contribution >= 0.6 is 34.5 Å². The number of rotatable bonds is 4. The second-order valence-electron chi connectivity index (χ2n) is 2.70. The SMILES string of the molecule is O=C(O)c1sccc1OCc1nnsc1Cl. The summed E-state index contributed by atoms with van der Waals surface area (Å²) in [6.45, 7) is 0.117. The van der Waals surface area contributed by atoms with Crippen LogP contribution in [0.25, 0.3) is 0 Å². The first-order valence-corrected chi connectivity index (χ1v) is 6.12. The zero-order valence-corrected chi connectivity index (χ0v) is 10.1. The zero-order valence-electron chi connectivity index (χ0n) is 7.71. The second kappa shape index (κ2) is 4.77. The Morgan fingerprint density at radius 1 is 1.62 bits per heavy atom. The van der Waals surface area contributed by atoms with E-state index >= 15 is 0 Å². The van der Waals surface area contributed by atoms with E-state index < -0.39 is 5.97 Å². The van der Waals surface area contributed by atoms with Crippen LogP contribution in [0.15, 0.2) is 11.4 Å². The number of aromatic carboxylic acids is 1. The van der Waals surface area contributed by atoms with Crippen molar-refractivity contribution >= 4 is 40.4 Å². The molecule has 2 aromatic rings. The number of nitrogens with zero attached hydrogens (tertiary/aromatic N) is 2. The Morgan fingerprint density at radius 2 is 2.44 bits per heavy atom. The minimum absolute atomic E-state index is 0.117. The quantitative estimate of drug-likeness (QED) is 0.929. The Kier molecular flexibility index (Phi) is 3.37. The number of halogens is 1. The molecule has 16 heavy (non-hydrogen) atoms. The van der Waals surface area contributed by atoms with Crippen LogP contribution < -0.4 is 4.74 Å². The Balaban J connectivity index is 2.08. The van der Waals surface area contributed by atoms with Gasteiger partial charge in [-0.1, -0.05) is 16.1 Å². The molecule has 0 bridgehead atoms. The van der Waals surface area contributed by atoms with Crippen LogP contribution in [0.1, 0.15) is 15.4 Å². The molecule has 1 N–H and O–H groups in total. The monoisotopic (exact) mass is 276 g/mol. The third-order valence-electron chi connectivity index (χ3n) is 1.70. The summed E-state index contributed by atoms with van der Waals surface area (Å²) in [6.07, 6.45) is 0. The average Bonchev–Trinajstić information content (AvgIpc) is 2.83. The van der Waals surface area contributed by atoms with Crippen molar-refractivity contribution in [3.8, 4) is 5.75 Å². The highest BCUT2D eigenvalue weighted by Gasteiger charge is 2.14. The molecule has 0 fully saturated rings. The number of carbonyl (C=O) groups is 1. The fraction of sp³-hybridized carbons (Fsp3) is 0.125. The molecule has 0 aromatic carbocycles. The summed E-state index contributed by atoms with van der Waals surface area (Å²) in [5.41, 5.74) is 0.509. The summed E-state index contributed by atoms with van der Waals surface area (Å²) >= 11 is 7.95. The topological polar surface area (TPSA) is 72.3 Å². The van der Waals surface area contributed by atoms with E-state index in [4.69, 9.17) is 21.4 Å². The molecule has 0 spiro atoms.